The topological polar surface area (TPSA) is 29.1 Å². The first kappa shape index (κ1) is 15.1. The van der Waals surface area contributed by atoms with Crippen LogP contribution >= 0.6 is 34.2 Å². The number of hydrogen-bond donors (Lipinski definition) is 1. The lowest BCUT2D eigenvalue weighted by atomic mass is 9.75. The van der Waals surface area contributed by atoms with Gasteiger partial charge in [0.1, 0.15) is 0 Å². The number of nitrogens with one attached hydrogen (secondary N) is 1. The zero-order chi connectivity index (χ0) is 14.0. The second-order valence-corrected chi connectivity index (χ2v) is 7.61. The molecule has 0 radical (unpaired) electrons. The molecule has 0 spiro atoms. The van der Waals surface area contributed by atoms with Crippen LogP contribution in [0.3, 0.4) is 0 Å². The minimum atomic E-state index is -0.0111. The van der Waals surface area contributed by atoms with E-state index < -0.39 is 0 Å². The average molecular weight is 392 g/mol. The lowest BCUT2D eigenvalue weighted by Gasteiger charge is -2.34. The molecule has 1 saturated carbocycles. The Hall–Kier alpha value is -0.290. The van der Waals surface area contributed by atoms with Gasteiger partial charge in [0.05, 0.1) is 5.02 Å². The predicted molar refractivity (Wildman–Crippen MR) is 87.7 cm³/mol. The van der Waals surface area contributed by atoms with Gasteiger partial charge < -0.3 is 5.32 Å². The molecular weight excluding hydrogens is 373 g/mol. The lowest BCUT2D eigenvalue weighted by molar-refractivity contribution is 0.0909. The van der Waals surface area contributed by atoms with Crippen molar-refractivity contribution in [3.63, 3.8) is 0 Å². The number of halogens is 2. The standard InChI is InChI=1S/C15H19ClINO/c1-15(2)7-5-11(6-8-15)18-14(19)10-3-4-13(17)12(16)9-10/h3-4,9,11H,5-8H2,1-2H3,(H,18,19). The summed E-state index contributed by atoms with van der Waals surface area (Å²) in [4.78, 5) is 12.2. The van der Waals surface area contributed by atoms with Crippen LogP contribution in [0.15, 0.2) is 18.2 Å². The number of amides is 1. The van der Waals surface area contributed by atoms with Crippen molar-refractivity contribution in [3.8, 4) is 0 Å². The molecule has 104 valence electrons. The van der Waals surface area contributed by atoms with E-state index in [1.54, 1.807) is 6.07 Å². The molecule has 4 heteroatoms. The molecule has 0 saturated heterocycles. The van der Waals surface area contributed by atoms with Crippen LogP contribution in [0, 0.1) is 8.99 Å². The molecule has 19 heavy (non-hydrogen) atoms. The minimum absolute atomic E-state index is 0.0111. The van der Waals surface area contributed by atoms with Crippen LogP contribution in [0.4, 0.5) is 0 Å². The van der Waals surface area contributed by atoms with Crippen molar-refractivity contribution in [1.29, 1.82) is 0 Å². The van der Waals surface area contributed by atoms with Crippen LogP contribution in [-0.2, 0) is 0 Å². The van der Waals surface area contributed by atoms with Crippen molar-refractivity contribution in [2.45, 2.75) is 45.6 Å². The SMILES string of the molecule is CC1(C)CCC(NC(=O)c2ccc(I)c(Cl)c2)CC1. The van der Waals surface area contributed by atoms with E-state index in [0.717, 1.165) is 16.4 Å². The molecule has 1 fully saturated rings. The van der Waals surface area contributed by atoms with Gasteiger partial charge in [-0.1, -0.05) is 25.4 Å². The lowest BCUT2D eigenvalue weighted by Crippen LogP contribution is -2.39. The van der Waals surface area contributed by atoms with E-state index in [1.165, 1.54) is 12.8 Å². The molecule has 0 aromatic heterocycles. The number of carbonyl (C=O) groups excluding carboxylic acids is 1. The summed E-state index contributed by atoms with van der Waals surface area (Å²) in [6, 6.07) is 5.75. The Morgan fingerprint density at radius 3 is 2.58 bits per heavy atom. The monoisotopic (exact) mass is 391 g/mol. The molecule has 0 heterocycles. The summed E-state index contributed by atoms with van der Waals surface area (Å²) in [6.07, 6.45) is 4.48. The Morgan fingerprint density at radius 1 is 1.37 bits per heavy atom. The highest BCUT2D eigenvalue weighted by Gasteiger charge is 2.27. The molecule has 1 amide bonds. The molecule has 2 rings (SSSR count). The fourth-order valence-electron chi connectivity index (χ4n) is 2.45. The molecule has 2 nitrogen and oxygen atoms in total. The van der Waals surface area contributed by atoms with Crippen molar-refractivity contribution in [2.75, 3.05) is 0 Å². The molecule has 0 aliphatic heterocycles. The first-order chi connectivity index (χ1) is 8.87. The Labute approximate surface area is 133 Å². The van der Waals surface area contributed by atoms with Crippen LogP contribution < -0.4 is 5.32 Å². The van der Waals surface area contributed by atoms with E-state index in [9.17, 15) is 4.79 Å². The third kappa shape index (κ3) is 4.09. The predicted octanol–water partition coefficient (Wildman–Crippen LogP) is 4.64. The molecule has 1 aromatic rings. The third-order valence-corrected chi connectivity index (χ3v) is 5.43. The van der Waals surface area contributed by atoms with E-state index >= 15 is 0 Å². The van der Waals surface area contributed by atoms with Crippen molar-refractivity contribution < 1.29 is 4.79 Å². The maximum Gasteiger partial charge on any atom is 0.251 e. The molecule has 1 aliphatic carbocycles. The van der Waals surface area contributed by atoms with Crippen LogP contribution in [0.1, 0.15) is 49.9 Å². The third-order valence-electron chi connectivity index (χ3n) is 3.86. The summed E-state index contributed by atoms with van der Waals surface area (Å²) in [6.45, 7) is 4.59. The molecular formula is C15H19ClINO. The first-order valence-corrected chi connectivity index (χ1v) is 8.09. The molecule has 1 aromatic carbocycles. The van der Waals surface area contributed by atoms with Gasteiger partial charge >= 0.3 is 0 Å². The fourth-order valence-corrected chi connectivity index (χ4v) is 2.97. The summed E-state index contributed by atoms with van der Waals surface area (Å²) in [5.74, 6) is -0.0111. The van der Waals surface area contributed by atoms with Gasteiger partial charge in [-0.25, -0.2) is 0 Å². The van der Waals surface area contributed by atoms with Crippen molar-refractivity contribution in [2.24, 2.45) is 5.41 Å². The van der Waals surface area contributed by atoms with E-state index in [-0.39, 0.29) is 5.91 Å². The van der Waals surface area contributed by atoms with Gasteiger partial charge in [0, 0.05) is 15.2 Å². The van der Waals surface area contributed by atoms with Gasteiger partial charge in [-0.05, 0) is 71.9 Å². The van der Waals surface area contributed by atoms with Gasteiger partial charge in [0.2, 0.25) is 0 Å². The van der Waals surface area contributed by atoms with Crippen molar-refractivity contribution in [1.82, 2.24) is 5.32 Å². The van der Waals surface area contributed by atoms with E-state index in [4.69, 9.17) is 11.6 Å². The van der Waals surface area contributed by atoms with Gasteiger partial charge in [-0.15, -0.1) is 0 Å². The van der Waals surface area contributed by atoms with E-state index in [2.05, 4.69) is 41.8 Å². The number of benzene rings is 1. The Morgan fingerprint density at radius 2 is 2.00 bits per heavy atom. The fraction of sp³-hybridized carbons (Fsp3) is 0.533. The van der Waals surface area contributed by atoms with E-state index in [0.29, 0.717) is 22.0 Å². The van der Waals surface area contributed by atoms with Crippen LogP contribution in [0.5, 0.6) is 0 Å². The van der Waals surface area contributed by atoms with Gasteiger partial charge in [0.25, 0.3) is 5.91 Å². The zero-order valence-electron chi connectivity index (χ0n) is 11.3. The number of hydrogen-bond acceptors (Lipinski definition) is 1. The van der Waals surface area contributed by atoms with Crippen LogP contribution in [0.2, 0.25) is 5.02 Å². The molecule has 0 bridgehead atoms. The summed E-state index contributed by atoms with van der Waals surface area (Å²) in [7, 11) is 0. The highest BCUT2D eigenvalue weighted by Crippen LogP contribution is 2.35. The normalized spacial score (nSPS) is 19.2. The van der Waals surface area contributed by atoms with Crippen molar-refractivity contribution >= 4 is 40.1 Å². The summed E-state index contributed by atoms with van der Waals surface area (Å²) >= 11 is 8.21. The average Bonchev–Trinajstić information content (AvgIpc) is 2.35. The number of carbonyl (C=O) groups is 1. The zero-order valence-corrected chi connectivity index (χ0v) is 14.2. The highest BCUT2D eigenvalue weighted by molar-refractivity contribution is 14.1. The molecule has 1 N–H and O–H groups in total. The van der Waals surface area contributed by atoms with Gasteiger partial charge in [-0.2, -0.15) is 0 Å². The second-order valence-electron chi connectivity index (χ2n) is 6.04. The van der Waals surface area contributed by atoms with Gasteiger partial charge in [-0.3, -0.25) is 4.79 Å². The minimum Gasteiger partial charge on any atom is -0.349 e. The van der Waals surface area contributed by atoms with Crippen molar-refractivity contribution in [3.05, 3.63) is 32.4 Å². The second kappa shape index (κ2) is 6.00. The number of rotatable bonds is 2. The summed E-state index contributed by atoms with van der Waals surface area (Å²) < 4.78 is 0.968. The quantitative estimate of drug-likeness (QED) is 0.731. The maximum absolute atomic E-state index is 12.2. The van der Waals surface area contributed by atoms with Crippen LogP contribution in [0.25, 0.3) is 0 Å². The molecule has 0 unspecified atom stereocenters. The smallest absolute Gasteiger partial charge is 0.251 e. The Bertz CT molecular complexity index is 477. The maximum atomic E-state index is 12.2. The Kier molecular flexibility index (Phi) is 4.77. The van der Waals surface area contributed by atoms with Crippen LogP contribution in [-0.4, -0.2) is 11.9 Å². The molecule has 0 atom stereocenters. The highest BCUT2D eigenvalue weighted by atomic mass is 127. The molecule has 1 aliphatic rings. The summed E-state index contributed by atoms with van der Waals surface area (Å²) in [5.41, 5.74) is 1.07. The summed E-state index contributed by atoms with van der Waals surface area (Å²) in [5, 5.41) is 3.76. The largest absolute Gasteiger partial charge is 0.349 e. The first-order valence-electron chi connectivity index (χ1n) is 6.63. The van der Waals surface area contributed by atoms with E-state index in [1.807, 2.05) is 12.1 Å². The van der Waals surface area contributed by atoms with Gasteiger partial charge in [0.15, 0.2) is 0 Å². The Balaban J connectivity index is 1.96.